The standard InChI is InChI=1S/C20H26N4O3S/c1-10(2)20(6)19(26)23-17(24-20)15-14(7-11(3)8-21-15)18(25)27-13(5)16-12(4)22-9-28-16/h7-10,13,17,24H,1-6H3,(H,23,26). The molecule has 1 amide bonds. The summed E-state index contributed by atoms with van der Waals surface area (Å²) in [7, 11) is 0. The lowest BCUT2D eigenvalue weighted by atomic mass is 9.89. The lowest BCUT2D eigenvalue weighted by Gasteiger charge is -2.26. The lowest BCUT2D eigenvalue weighted by molar-refractivity contribution is -0.125. The number of hydrogen-bond donors (Lipinski definition) is 2. The second kappa shape index (κ2) is 7.60. The molecule has 3 rings (SSSR count). The fourth-order valence-corrected chi connectivity index (χ4v) is 3.99. The number of hydrogen-bond acceptors (Lipinski definition) is 7. The van der Waals surface area contributed by atoms with Gasteiger partial charge in [0.2, 0.25) is 5.91 Å². The molecule has 0 bridgehead atoms. The Labute approximate surface area is 168 Å². The third-order valence-electron chi connectivity index (χ3n) is 5.33. The summed E-state index contributed by atoms with van der Waals surface area (Å²) in [5.41, 5.74) is 3.50. The molecule has 7 nitrogen and oxygen atoms in total. The molecule has 0 radical (unpaired) electrons. The summed E-state index contributed by atoms with van der Waals surface area (Å²) in [6.07, 6.45) is 0.714. The topological polar surface area (TPSA) is 93.2 Å². The van der Waals surface area contributed by atoms with Crippen LogP contribution in [0.2, 0.25) is 0 Å². The average Bonchev–Trinajstić information content (AvgIpc) is 3.19. The fraction of sp³-hybridized carbons (Fsp3) is 0.500. The van der Waals surface area contributed by atoms with Crippen LogP contribution in [0.5, 0.6) is 0 Å². The van der Waals surface area contributed by atoms with Gasteiger partial charge in [-0.15, -0.1) is 11.3 Å². The van der Waals surface area contributed by atoms with Gasteiger partial charge >= 0.3 is 5.97 Å². The van der Waals surface area contributed by atoms with Crippen LogP contribution < -0.4 is 10.6 Å². The highest BCUT2D eigenvalue weighted by Gasteiger charge is 2.46. The van der Waals surface area contributed by atoms with E-state index in [1.165, 1.54) is 11.3 Å². The van der Waals surface area contributed by atoms with Crippen molar-refractivity contribution in [2.24, 2.45) is 5.92 Å². The predicted molar refractivity (Wildman–Crippen MR) is 107 cm³/mol. The van der Waals surface area contributed by atoms with E-state index in [9.17, 15) is 9.59 Å². The summed E-state index contributed by atoms with van der Waals surface area (Å²) in [5, 5.41) is 6.22. The van der Waals surface area contributed by atoms with Crippen molar-refractivity contribution >= 4 is 23.2 Å². The van der Waals surface area contributed by atoms with Crippen LogP contribution >= 0.6 is 11.3 Å². The average molecular weight is 403 g/mol. The normalized spacial score (nSPS) is 23.0. The molecular weight excluding hydrogens is 376 g/mol. The van der Waals surface area contributed by atoms with E-state index in [-0.39, 0.29) is 11.8 Å². The molecule has 150 valence electrons. The zero-order valence-corrected chi connectivity index (χ0v) is 17.8. The lowest BCUT2D eigenvalue weighted by Crippen LogP contribution is -2.48. The zero-order valence-electron chi connectivity index (χ0n) is 17.0. The summed E-state index contributed by atoms with van der Waals surface area (Å²) in [6, 6.07) is 1.75. The van der Waals surface area contributed by atoms with E-state index in [0.717, 1.165) is 16.1 Å². The minimum Gasteiger partial charge on any atom is -0.453 e. The SMILES string of the molecule is Cc1cnc(C2NC(=O)C(C)(C(C)C)N2)c(C(=O)OC(C)c2scnc2C)c1. The van der Waals surface area contributed by atoms with Crippen LogP contribution in [0.15, 0.2) is 17.8 Å². The molecule has 3 unspecified atom stereocenters. The van der Waals surface area contributed by atoms with Gasteiger partial charge < -0.3 is 10.1 Å². The highest BCUT2D eigenvalue weighted by Crippen LogP contribution is 2.30. The van der Waals surface area contributed by atoms with Crippen molar-refractivity contribution in [1.29, 1.82) is 0 Å². The van der Waals surface area contributed by atoms with Crippen LogP contribution in [0.25, 0.3) is 0 Å². The van der Waals surface area contributed by atoms with E-state index in [2.05, 4.69) is 20.6 Å². The van der Waals surface area contributed by atoms with Crippen molar-refractivity contribution in [1.82, 2.24) is 20.6 Å². The van der Waals surface area contributed by atoms with Crippen molar-refractivity contribution < 1.29 is 14.3 Å². The Balaban J connectivity index is 1.88. The van der Waals surface area contributed by atoms with Gasteiger partial charge in [-0.2, -0.15) is 0 Å². The number of esters is 1. The van der Waals surface area contributed by atoms with Gasteiger partial charge in [-0.3, -0.25) is 15.1 Å². The maximum atomic E-state index is 12.9. The molecule has 1 fully saturated rings. The molecule has 0 aromatic carbocycles. The number of rotatable bonds is 5. The van der Waals surface area contributed by atoms with E-state index >= 15 is 0 Å². The third-order valence-corrected chi connectivity index (χ3v) is 6.42. The molecule has 1 aliphatic rings. The van der Waals surface area contributed by atoms with Gasteiger partial charge in [0, 0.05) is 6.20 Å². The Bertz CT molecular complexity index is 911. The number of nitrogens with one attached hydrogen (secondary N) is 2. The Kier molecular flexibility index (Phi) is 5.54. The number of aromatic nitrogens is 2. The summed E-state index contributed by atoms with van der Waals surface area (Å²) in [6.45, 7) is 11.4. The Morgan fingerprint density at radius 2 is 2.00 bits per heavy atom. The second-order valence-corrected chi connectivity index (χ2v) is 8.59. The molecule has 1 aliphatic heterocycles. The zero-order chi connectivity index (χ0) is 20.6. The molecule has 2 aromatic heterocycles. The van der Waals surface area contributed by atoms with Crippen LogP contribution in [0.4, 0.5) is 0 Å². The summed E-state index contributed by atoms with van der Waals surface area (Å²) in [4.78, 5) is 35.0. The Morgan fingerprint density at radius 1 is 1.29 bits per heavy atom. The van der Waals surface area contributed by atoms with Gasteiger partial charge in [-0.05, 0) is 45.2 Å². The maximum absolute atomic E-state index is 12.9. The largest absolute Gasteiger partial charge is 0.453 e. The number of thiazole rings is 1. The number of aryl methyl sites for hydroxylation is 2. The van der Waals surface area contributed by atoms with E-state index in [1.807, 2.05) is 41.5 Å². The van der Waals surface area contributed by atoms with Crippen LogP contribution in [0, 0.1) is 19.8 Å². The van der Waals surface area contributed by atoms with Crippen LogP contribution in [-0.2, 0) is 9.53 Å². The van der Waals surface area contributed by atoms with E-state index in [1.54, 1.807) is 17.8 Å². The van der Waals surface area contributed by atoms with Gasteiger partial charge in [0.25, 0.3) is 0 Å². The molecule has 8 heteroatoms. The first-order valence-electron chi connectivity index (χ1n) is 9.29. The number of nitrogens with zero attached hydrogens (tertiary/aromatic N) is 2. The summed E-state index contributed by atoms with van der Waals surface area (Å²) >= 11 is 1.46. The van der Waals surface area contributed by atoms with Gasteiger partial charge in [-0.1, -0.05) is 13.8 Å². The number of ether oxygens (including phenoxy) is 1. The first-order chi connectivity index (χ1) is 13.1. The number of amides is 1. The van der Waals surface area contributed by atoms with Crippen molar-refractivity contribution in [3.05, 3.63) is 45.2 Å². The maximum Gasteiger partial charge on any atom is 0.340 e. The second-order valence-electron chi connectivity index (χ2n) is 7.70. The monoisotopic (exact) mass is 402 g/mol. The van der Waals surface area contributed by atoms with Crippen molar-refractivity contribution in [2.45, 2.75) is 59.4 Å². The molecule has 1 saturated heterocycles. The van der Waals surface area contributed by atoms with Gasteiger partial charge in [0.05, 0.1) is 32.9 Å². The predicted octanol–water partition coefficient (Wildman–Crippen LogP) is 3.21. The van der Waals surface area contributed by atoms with E-state index < -0.39 is 23.8 Å². The van der Waals surface area contributed by atoms with Gasteiger partial charge in [-0.25, -0.2) is 9.78 Å². The first-order valence-corrected chi connectivity index (χ1v) is 10.2. The van der Waals surface area contributed by atoms with E-state index in [4.69, 9.17) is 4.74 Å². The third kappa shape index (κ3) is 3.66. The van der Waals surface area contributed by atoms with Crippen LogP contribution in [-0.4, -0.2) is 27.4 Å². The molecule has 2 N–H and O–H groups in total. The smallest absolute Gasteiger partial charge is 0.340 e. The molecule has 3 heterocycles. The van der Waals surface area contributed by atoms with Gasteiger partial charge in [0.15, 0.2) is 0 Å². The number of carbonyl (C=O) groups excluding carboxylic acids is 2. The molecule has 0 saturated carbocycles. The quantitative estimate of drug-likeness (QED) is 0.746. The minimum atomic E-state index is -0.731. The number of pyridine rings is 1. The van der Waals surface area contributed by atoms with Crippen molar-refractivity contribution in [2.75, 3.05) is 0 Å². The van der Waals surface area contributed by atoms with Crippen molar-refractivity contribution in [3.8, 4) is 0 Å². The first kappa shape index (κ1) is 20.4. The molecule has 28 heavy (non-hydrogen) atoms. The molecule has 0 aliphatic carbocycles. The molecule has 2 aromatic rings. The number of carbonyl (C=O) groups is 2. The Hall–Kier alpha value is -2.32. The molecular formula is C20H26N4O3S. The molecule has 0 spiro atoms. The van der Waals surface area contributed by atoms with Gasteiger partial charge in [0.1, 0.15) is 12.3 Å². The highest BCUT2D eigenvalue weighted by atomic mass is 32.1. The summed E-state index contributed by atoms with van der Waals surface area (Å²) in [5.74, 6) is -0.503. The van der Waals surface area contributed by atoms with E-state index in [0.29, 0.717) is 11.3 Å². The van der Waals surface area contributed by atoms with Crippen molar-refractivity contribution in [3.63, 3.8) is 0 Å². The van der Waals surface area contributed by atoms with Crippen LogP contribution in [0.3, 0.4) is 0 Å². The minimum absolute atomic E-state index is 0.0766. The summed E-state index contributed by atoms with van der Waals surface area (Å²) < 4.78 is 5.69. The fourth-order valence-electron chi connectivity index (χ4n) is 3.20. The van der Waals surface area contributed by atoms with Crippen LogP contribution in [0.1, 0.15) is 72.2 Å². The molecule has 3 atom stereocenters. The highest BCUT2D eigenvalue weighted by molar-refractivity contribution is 7.09. The Morgan fingerprint density at radius 3 is 2.57 bits per heavy atom.